The Morgan fingerprint density at radius 3 is 2.37 bits per heavy atom. The molecule has 0 atom stereocenters. The summed E-state index contributed by atoms with van der Waals surface area (Å²) in [4.78, 5) is 28.7. The van der Waals surface area contributed by atoms with Crippen LogP contribution in [0.3, 0.4) is 0 Å². The van der Waals surface area contributed by atoms with E-state index in [0.717, 1.165) is 0 Å². The van der Waals surface area contributed by atoms with E-state index in [1.54, 1.807) is 61.8 Å². The molecule has 0 spiro atoms. The number of hydrogen-bond acceptors (Lipinski definition) is 4. The zero-order chi connectivity index (χ0) is 19.2. The van der Waals surface area contributed by atoms with Crippen LogP contribution >= 0.6 is 11.6 Å². The number of carbonyl (C=O) groups excluding carboxylic acids is 2. The Hall–Kier alpha value is -3.38. The SMILES string of the molecule is COc1ccc(NC(=O)c2ccc(Cl)c(NC(=O)c3cccnc3)c2)cc1. The standard InChI is InChI=1S/C20H16ClN3O3/c1-27-16-7-5-15(6-8-16)23-19(25)13-4-9-17(21)18(11-13)24-20(26)14-3-2-10-22-12-14/h2-12H,1H3,(H,23,25)(H,24,26). The van der Waals surface area contributed by atoms with Crippen molar-refractivity contribution >= 4 is 34.8 Å². The van der Waals surface area contributed by atoms with E-state index in [9.17, 15) is 9.59 Å². The molecule has 2 amide bonds. The predicted octanol–water partition coefficient (Wildman–Crippen LogP) is 4.25. The van der Waals surface area contributed by atoms with Crippen LogP contribution in [-0.4, -0.2) is 23.9 Å². The maximum atomic E-state index is 12.5. The van der Waals surface area contributed by atoms with Gasteiger partial charge in [-0.25, -0.2) is 0 Å². The van der Waals surface area contributed by atoms with Crippen LogP contribution in [0.1, 0.15) is 20.7 Å². The molecule has 136 valence electrons. The van der Waals surface area contributed by atoms with Gasteiger partial charge in [-0.1, -0.05) is 11.6 Å². The van der Waals surface area contributed by atoms with Crippen LogP contribution in [0.2, 0.25) is 5.02 Å². The summed E-state index contributed by atoms with van der Waals surface area (Å²) in [5.74, 6) is 0.00585. The Kier molecular flexibility index (Phi) is 5.68. The minimum atomic E-state index is -0.363. The highest BCUT2D eigenvalue weighted by Crippen LogP contribution is 2.24. The molecule has 3 aromatic rings. The number of aromatic nitrogens is 1. The number of pyridine rings is 1. The van der Waals surface area contributed by atoms with Gasteiger partial charge in [-0.15, -0.1) is 0 Å². The number of amides is 2. The van der Waals surface area contributed by atoms with Gasteiger partial charge >= 0.3 is 0 Å². The minimum Gasteiger partial charge on any atom is -0.497 e. The average molecular weight is 382 g/mol. The summed E-state index contributed by atoms with van der Waals surface area (Å²) < 4.78 is 5.09. The molecule has 2 N–H and O–H groups in total. The van der Waals surface area contributed by atoms with Crippen LogP contribution in [-0.2, 0) is 0 Å². The van der Waals surface area contributed by atoms with E-state index in [2.05, 4.69) is 15.6 Å². The Bertz CT molecular complexity index is 960. The number of rotatable bonds is 5. The lowest BCUT2D eigenvalue weighted by Crippen LogP contribution is -2.15. The number of nitrogens with one attached hydrogen (secondary N) is 2. The molecule has 2 aromatic carbocycles. The van der Waals surface area contributed by atoms with Crippen LogP contribution in [0.4, 0.5) is 11.4 Å². The molecule has 1 heterocycles. The van der Waals surface area contributed by atoms with E-state index in [1.807, 2.05) is 0 Å². The fraction of sp³-hybridized carbons (Fsp3) is 0.0500. The van der Waals surface area contributed by atoms with Gasteiger partial charge in [-0.2, -0.15) is 0 Å². The summed E-state index contributed by atoms with van der Waals surface area (Å²) >= 11 is 6.15. The van der Waals surface area contributed by atoms with Gasteiger partial charge in [0, 0.05) is 23.6 Å². The first-order chi connectivity index (χ1) is 13.1. The second-order valence-electron chi connectivity index (χ2n) is 5.57. The third kappa shape index (κ3) is 4.62. The van der Waals surface area contributed by atoms with E-state index in [0.29, 0.717) is 33.3 Å². The number of methoxy groups -OCH3 is 1. The molecule has 0 bridgehead atoms. The topological polar surface area (TPSA) is 80.3 Å². The van der Waals surface area contributed by atoms with Gasteiger partial charge < -0.3 is 15.4 Å². The molecule has 27 heavy (non-hydrogen) atoms. The summed E-state index contributed by atoms with van der Waals surface area (Å²) in [5.41, 5.74) is 1.71. The number of ether oxygens (including phenoxy) is 1. The Morgan fingerprint density at radius 1 is 0.963 bits per heavy atom. The highest BCUT2D eigenvalue weighted by molar-refractivity contribution is 6.34. The normalized spacial score (nSPS) is 10.1. The lowest BCUT2D eigenvalue weighted by Gasteiger charge is -2.10. The van der Waals surface area contributed by atoms with Gasteiger partial charge in [0.2, 0.25) is 0 Å². The van der Waals surface area contributed by atoms with Crippen molar-refractivity contribution in [3.8, 4) is 5.75 Å². The van der Waals surface area contributed by atoms with Gasteiger partial charge in [-0.3, -0.25) is 14.6 Å². The van der Waals surface area contributed by atoms with Crippen LogP contribution in [0.25, 0.3) is 0 Å². The van der Waals surface area contributed by atoms with Crippen molar-refractivity contribution in [3.63, 3.8) is 0 Å². The zero-order valence-corrected chi connectivity index (χ0v) is 15.2. The first-order valence-corrected chi connectivity index (χ1v) is 8.41. The number of hydrogen-bond donors (Lipinski definition) is 2. The largest absolute Gasteiger partial charge is 0.497 e. The maximum Gasteiger partial charge on any atom is 0.257 e. The molecule has 3 rings (SSSR count). The van der Waals surface area contributed by atoms with Gasteiger partial charge in [0.05, 0.1) is 23.4 Å². The first-order valence-electron chi connectivity index (χ1n) is 8.03. The Labute approximate surface area is 161 Å². The lowest BCUT2D eigenvalue weighted by atomic mass is 10.1. The van der Waals surface area contributed by atoms with Crippen molar-refractivity contribution in [2.75, 3.05) is 17.7 Å². The van der Waals surface area contributed by atoms with Crippen molar-refractivity contribution in [2.45, 2.75) is 0 Å². The second kappa shape index (κ2) is 8.33. The predicted molar refractivity (Wildman–Crippen MR) is 105 cm³/mol. The molecule has 0 unspecified atom stereocenters. The van der Waals surface area contributed by atoms with E-state index in [4.69, 9.17) is 16.3 Å². The van der Waals surface area contributed by atoms with Crippen LogP contribution in [0, 0.1) is 0 Å². The first kappa shape index (κ1) is 18.4. The number of carbonyl (C=O) groups is 2. The maximum absolute atomic E-state index is 12.5. The fourth-order valence-electron chi connectivity index (χ4n) is 2.33. The van der Waals surface area contributed by atoms with Gasteiger partial charge in [0.15, 0.2) is 0 Å². The van der Waals surface area contributed by atoms with Gasteiger partial charge in [0.1, 0.15) is 5.75 Å². The van der Waals surface area contributed by atoms with E-state index >= 15 is 0 Å². The summed E-state index contributed by atoms with van der Waals surface area (Å²) in [7, 11) is 1.57. The average Bonchev–Trinajstić information content (AvgIpc) is 2.70. The molecule has 0 saturated heterocycles. The number of benzene rings is 2. The molecule has 6 nitrogen and oxygen atoms in total. The van der Waals surface area contributed by atoms with Crippen LogP contribution in [0.5, 0.6) is 5.75 Å². The van der Waals surface area contributed by atoms with Crippen molar-refractivity contribution in [2.24, 2.45) is 0 Å². The van der Waals surface area contributed by atoms with Gasteiger partial charge in [-0.05, 0) is 54.6 Å². The van der Waals surface area contributed by atoms with E-state index < -0.39 is 0 Å². The second-order valence-corrected chi connectivity index (χ2v) is 5.98. The number of halogens is 1. The van der Waals surface area contributed by atoms with Crippen molar-refractivity contribution in [1.82, 2.24) is 4.98 Å². The highest BCUT2D eigenvalue weighted by Gasteiger charge is 2.13. The van der Waals surface area contributed by atoms with Crippen molar-refractivity contribution < 1.29 is 14.3 Å². The zero-order valence-electron chi connectivity index (χ0n) is 14.4. The molecular weight excluding hydrogens is 366 g/mol. The summed E-state index contributed by atoms with van der Waals surface area (Å²) in [6.45, 7) is 0. The van der Waals surface area contributed by atoms with Gasteiger partial charge in [0.25, 0.3) is 11.8 Å². The minimum absolute atomic E-state index is 0.325. The summed E-state index contributed by atoms with van der Waals surface area (Å²) in [6, 6.07) is 14.9. The summed E-state index contributed by atoms with van der Waals surface area (Å²) in [5, 5.41) is 5.80. The molecule has 1 aromatic heterocycles. The van der Waals surface area contributed by atoms with Crippen molar-refractivity contribution in [3.05, 3.63) is 83.1 Å². The molecular formula is C20H16ClN3O3. The molecule has 0 aliphatic rings. The van der Waals surface area contributed by atoms with Crippen LogP contribution in [0.15, 0.2) is 67.0 Å². The fourth-order valence-corrected chi connectivity index (χ4v) is 2.50. The third-order valence-electron chi connectivity index (χ3n) is 3.75. The molecule has 0 saturated carbocycles. The molecule has 0 aliphatic carbocycles. The van der Waals surface area contributed by atoms with Crippen molar-refractivity contribution in [1.29, 1.82) is 0 Å². The third-order valence-corrected chi connectivity index (χ3v) is 4.08. The monoisotopic (exact) mass is 381 g/mol. The number of anilines is 2. The lowest BCUT2D eigenvalue weighted by molar-refractivity contribution is 0.101. The van der Waals surface area contributed by atoms with E-state index in [1.165, 1.54) is 12.3 Å². The highest BCUT2D eigenvalue weighted by atomic mass is 35.5. The molecule has 0 aliphatic heterocycles. The van der Waals surface area contributed by atoms with Crippen LogP contribution < -0.4 is 15.4 Å². The Morgan fingerprint density at radius 2 is 1.70 bits per heavy atom. The number of nitrogens with zero attached hydrogens (tertiary/aromatic N) is 1. The van der Waals surface area contributed by atoms with E-state index in [-0.39, 0.29) is 11.8 Å². The summed E-state index contributed by atoms with van der Waals surface area (Å²) in [6.07, 6.45) is 3.03. The molecule has 0 radical (unpaired) electrons. The quantitative estimate of drug-likeness (QED) is 0.692. The molecule has 7 heteroatoms. The molecule has 0 fully saturated rings. The Balaban J connectivity index is 1.75. The smallest absolute Gasteiger partial charge is 0.257 e.